The van der Waals surface area contributed by atoms with Crippen LogP contribution in [0, 0.1) is 4.77 Å². The number of amides is 1. The molecule has 10 heteroatoms. The minimum Gasteiger partial charge on any atom is -0.497 e. The van der Waals surface area contributed by atoms with E-state index in [1.165, 1.54) is 36.2 Å². The molecule has 2 heterocycles. The molecule has 0 radical (unpaired) electrons. The lowest BCUT2D eigenvalue weighted by Crippen LogP contribution is -2.21. The number of H-pyrrole nitrogens is 1. The third kappa shape index (κ3) is 3.96. The molecule has 3 aromatic rings. The van der Waals surface area contributed by atoms with E-state index in [2.05, 4.69) is 20.5 Å². The van der Waals surface area contributed by atoms with E-state index in [4.69, 9.17) is 17.0 Å². The molecule has 0 aliphatic carbocycles. The monoisotopic (exact) mass is 397 g/mol. The standard InChI is InChI=1S/C18H15N5O4S/c1-27-13-4-2-3-12(9-13)23-17(26)14(16(25)21-18(23)28)10-20-22-15(24)11-5-7-19-8-6-11/h2-10,26H,1H3,(H,22,24)(H,21,25,28)/b20-10+. The molecule has 0 spiro atoms. The van der Waals surface area contributed by atoms with Crippen LogP contribution in [0.15, 0.2) is 58.7 Å². The first-order valence-electron chi connectivity index (χ1n) is 7.97. The highest BCUT2D eigenvalue weighted by molar-refractivity contribution is 7.71. The number of methoxy groups -OCH3 is 1. The zero-order valence-electron chi connectivity index (χ0n) is 14.6. The predicted octanol–water partition coefficient (Wildman–Crippen LogP) is 1.77. The van der Waals surface area contributed by atoms with E-state index in [1.54, 1.807) is 24.3 Å². The largest absolute Gasteiger partial charge is 0.497 e. The van der Waals surface area contributed by atoms with Gasteiger partial charge in [0, 0.05) is 24.0 Å². The number of benzene rings is 1. The Morgan fingerprint density at radius 1 is 1.36 bits per heavy atom. The maximum Gasteiger partial charge on any atom is 0.271 e. The van der Waals surface area contributed by atoms with Crippen molar-refractivity contribution in [2.75, 3.05) is 7.11 Å². The van der Waals surface area contributed by atoms with Crippen molar-refractivity contribution in [1.29, 1.82) is 0 Å². The summed E-state index contributed by atoms with van der Waals surface area (Å²) in [5.41, 5.74) is 2.28. The topological polar surface area (TPSA) is 122 Å². The van der Waals surface area contributed by atoms with E-state index in [9.17, 15) is 14.7 Å². The van der Waals surface area contributed by atoms with Gasteiger partial charge in [-0.1, -0.05) is 6.07 Å². The number of aromatic nitrogens is 3. The Morgan fingerprint density at radius 2 is 2.11 bits per heavy atom. The number of hydrazone groups is 1. The molecule has 2 aromatic heterocycles. The van der Waals surface area contributed by atoms with Crippen molar-refractivity contribution in [1.82, 2.24) is 20.0 Å². The fourth-order valence-corrected chi connectivity index (χ4v) is 2.65. The Bertz CT molecular complexity index is 1150. The van der Waals surface area contributed by atoms with Crippen molar-refractivity contribution in [2.45, 2.75) is 0 Å². The number of hydrogen-bond acceptors (Lipinski definition) is 7. The van der Waals surface area contributed by atoms with Gasteiger partial charge in [-0.25, -0.2) is 5.43 Å². The average molecular weight is 397 g/mol. The lowest BCUT2D eigenvalue weighted by molar-refractivity contribution is 0.0955. The van der Waals surface area contributed by atoms with Crippen molar-refractivity contribution in [3.05, 3.63) is 75.0 Å². The molecule has 0 aliphatic heterocycles. The zero-order chi connectivity index (χ0) is 20.1. The average Bonchev–Trinajstić information content (AvgIpc) is 2.71. The summed E-state index contributed by atoms with van der Waals surface area (Å²) in [5.74, 6) is -0.371. The summed E-state index contributed by atoms with van der Waals surface area (Å²) in [4.78, 5) is 30.4. The van der Waals surface area contributed by atoms with Crippen molar-refractivity contribution in [3.63, 3.8) is 0 Å². The number of carbonyl (C=O) groups excluding carboxylic acids is 1. The van der Waals surface area contributed by atoms with E-state index in [0.717, 1.165) is 6.21 Å². The third-order valence-electron chi connectivity index (χ3n) is 3.73. The molecule has 28 heavy (non-hydrogen) atoms. The zero-order valence-corrected chi connectivity index (χ0v) is 15.4. The van der Waals surface area contributed by atoms with Crippen LogP contribution < -0.4 is 15.7 Å². The minimum atomic E-state index is -0.649. The predicted molar refractivity (Wildman–Crippen MR) is 105 cm³/mol. The molecule has 0 unspecified atom stereocenters. The summed E-state index contributed by atoms with van der Waals surface area (Å²) < 4.78 is 6.41. The van der Waals surface area contributed by atoms with E-state index in [0.29, 0.717) is 17.0 Å². The molecule has 142 valence electrons. The molecule has 1 amide bonds. The van der Waals surface area contributed by atoms with Gasteiger partial charge >= 0.3 is 0 Å². The molecule has 0 saturated heterocycles. The number of aromatic hydroxyl groups is 1. The molecule has 0 bridgehead atoms. The van der Waals surface area contributed by atoms with Gasteiger partial charge in [-0.2, -0.15) is 5.10 Å². The first-order chi connectivity index (χ1) is 13.5. The van der Waals surface area contributed by atoms with Crippen LogP contribution in [0.1, 0.15) is 15.9 Å². The van der Waals surface area contributed by atoms with Gasteiger partial charge < -0.3 is 9.84 Å². The fourth-order valence-electron chi connectivity index (χ4n) is 2.37. The lowest BCUT2D eigenvalue weighted by Gasteiger charge is -2.12. The Hall–Kier alpha value is -3.79. The molecule has 0 saturated carbocycles. The Balaban J connectivity index is 1.95. The number of nitrogens with zero attached hydrogens (tertiary/aromatic N) is 3. The van der Waals surface area contributed by atoms with Crippen molar-refractivity contribution >= 4 is 24.3 Å². The number of rotatable bonds is 5. The highest BCUT2D eigenvalue weighted by Gasteiger charge is 2.13. The van der Waals surface area contributed by atoms with Gasteiger partial charge in [0.15, 0.2) is 4.77 Å². The second kappa shape index (κ2) is 8.27. The van der Waals surface area contributed by atoms with Crippen LogP contribution in [0.3, 0.4) is 0 Å². The van der Waals surface area contributed by atoms with E-state index >= 15 is 0 Å². The summed E-state index contributed by atoms with van der Waals surface area (Å²) in [6, 6.07) is 9.79. The number of pyridine rings is 1. The van der Waals surface area contributed by atoms with Gasteiger partial charge in [0.2, 0.25) is 5.88 Å². The van der Waals surface area contributed by atoms with Crippen molar-refractivity contribution in [2.24, 2.45) is 5.10 Å². The van der Waals surface area contributed by atoms with Crippen molar-refractivity contribution < 1.29 is 14.6 Å². The van der Waals surface area contributed by atoms with Crippen LogP contribution in [0.4, 0.5) is 0 Å². The smallest absolute Gasteiger partial charge is 0.271 e. The van der Waals surface area contributed by atoms with Crippen LogP contribution in [0.2, 0.25) is 0 Å². The quantitative estimate of drug-likeness (QED) is 0.343. The Kier molecular flexibility index (Phi) is 5.61. The molecule has 0 fully saturated rings. The fraction of sp³-hybridized carbons (Fsp3) is 0.0556. The molecule has 3 N–H and O–H groups in total. The van der Waals surface area contributed by atoms with Gasteiger partial charge in [-0.15, -0.1) is 0 Å². The van der Waals surface area contributed by atoms with Crippen LogP contribution in [-0.4, -0.2) is 38.9 Å². The third-order valence-corrected chi connectivity index (χ3v) is 4.02. The van der Waals surface area contributed by atoms with Crippen LogP contribution >= 0.6 is 12.2 Å². The molecule has 9 nitrogen and oxygen atoms in total. The Labute approximate surface area is 164 Å². The van der Waals surface area contributed by atoms with Crippen LogP contribution in [-0.2, 0) is 0 Å². The summed E-state index contributed by atoms with van der Waals surface area (Å²) in [5, 5.41) is 14.3. The van der Waals surface area contributed by atoms with Gasteiger partial charge in [0.25, 0.3) is 11.5 Å². The van der Waals surface area contributed by atoms with Gasteiger partial charge in [0.05, 0.1) is 19.0 Å². The van der Waals surface area contributed by atoms with Crippen LogP contribution in [0.25, 0.3) is 5.69 Å². The summed E-state index contributed by atoms with van der Waals surface area (Å²) >= 11 is 5.15. The first kappa shape index (κ1) is 19.0. The van der Waals surface area contributed by atoms with Gasteiger partial charge in [-0.3, -0.25) is 24.1 Å². The summed E-state index contributed by atoms with van der Waals surface area (Å²) in [6.45, 7) is 0. The summed E-state index contributed by atoms with van der Waals surface area (Å²) in [7, 11) is 1.51. The molecule has 1 aromatic carbocycles. The molecular formula is C18H15N5O4S. The van der Waals surface area contributed by atoms with Gasteiger partial charge in [-0.05, 0) is 36.5 Å². The maximum absolute atomic E-state index is 12.2. The highest BCUT2D eigenvalue weighted by Crippen LogP contribution is 2.22. The van der Waals surface area contributed by atoms with E-state index in [-0.39, 0.29) is 10.3 Å². The van der Waals surface area contributed by atoms with E-state index in [1.807, 2.05) is 0 Å². The van der Waals surface area contributed by atoms with Crippen molar-refractivity contribution in [3.8, 4) is 17.3 Å². The maximum atomic E-state index is 12.2. The SMILES string of the molecule is COc1cccc(-n2c(O)c(/C=N/NC(=O)c3ccncc3)c(=O)[nH]c2=S)c1. The van der Waals surface area contributed by atoms with E-state index < -0.39 is 17.3 Å². The number of ether oxygens (including phenoxy) is 1. The highest BCUT2D eigenvalue weighted by atomic mass is 32.1. The molecule has 3 rings (SSSR count). The second-order valence-corrected chi connectivity index (χ2v) is 5.86. The second-order valence-electron chi connectivity index (χ2n) is 5.47. The number of aromatic amines is 1. The first-order valence-corrected chi connectivity index (χ1v) is 8.38. The molecule has 0 aliphatic rings. The summed E-state index contributed by atoms with van der Waals surface area (Å²) in [6.07, 6.45) is 3.97. The molecular weight excluding hydrogens is 382 g/mol. The minimum absolute atomic E-state index is 0.00581. The van der Waals surface area contributed by atoms with Crippen LogP contribution in [0.5, 0.6) is 11.6 Å². The lowest BCUT2D eigenvalue weighted by atomic mass is 10.2. The number of nitrogens with one attached hydrogen (secondary N) is 2. The Morgan fingerprint density at radius 3 is 2.82 bits per heavy atom. The van der Waals surface area contributed by atoms with Gasteiger partial charge in [0.1, 0.15) is 11.3 Å². The number of hydrogen-bond donors (Lipinski definition) is 3. The number of carbonyl (C=O) groups is 1. The normalized spacial score (nSPS) is 10.8. The molecule has 0 atom stereocenters.